The number of hydrogen-bond donors (Lipinski definition) is 2. The van der Waals surface area contributed by atoms with Crippen LogP contribution in [0.3, 0.4) is 0 Å². The summed E-state index contributed by atoms with van der Waals surface area (Å²) in [6, 6.07) is 18.1. The quantitative estimate of drug-likeness (QED) is 0.391. The summed E-state index contributed by atoms with van der Waals surface area (Å²) < 4.78 is 25.1. The molecule has 3 unspecified atom stereocenters. The average molecular weight is 519 g/mol. The lowest BCUT2D eigenvalue weighted by Crippen LogP contribution is -2.34. The van der Waals surface area contributed by atoms with Gasteiger partial charge in [0.25, 0.3) is 5.91 Å². The molecule has 1 heterocycles. The number of halogens is 1. The SMILES string of the molecule is COc1c(OCC(=O)NCC(C)O)cccc1C1CC(c2ccc(F)cc2)=NC1C(=O)c1ccccc1C. The van der Waals surface area contributed by atoms with Crippen LogP contribution in [0, 0.1) is 12.7 Å². The molecule has 7 nitrogen and oxygen atoms in total. The number of para-hydroxylation sites is 1. The minimum atomic E-state index is -0.727. The van der Waals surface area contributed by atoms with Crippen molar-refractivity contribution in [3.63, 3.8) is 0 Å². The number of carbonyl (C=O) groups is 2. The van der Waals surface area contributed by atoms with Crippen molar-refractivity contribution >= 4 is 17.4 Å². The molecule has 3 aromatic rings. The lowest BCUT2D eigenvalue weighted by atomic mass is 9.84. The summed E-state index contributed by atoms with van der Waals surface area (Å²) in [4.78, 5) is 30.8. The number of ketones is 1. The number of Topliss-reactive ketones (excluding diaryl/α,β-unsaturated/α-hetero) is 1. The van der Waals surface area contributed by atoms with Crippen LogP contribution in [0.5, 0.6) is 11.5 Å². The van der Waals surface area contributed by atoms with Gasteiger partial charge in [-0.2, -0.15) is 0 Å². The van der Waals surface area contributed by atoms with Crippen LogP contribution < -0.4 is 14.8 Å². The minimum absolute atomic E-state index is 0.115. The molecule has 3 aromatic carbocycles. The summed E-state index contributed by atoms with van der Waals surface area (Å²) in [6.45, 7) is 3.32. The second kappa shape index (κ2) is 12.0. The van der Waals surface area contributed by atoms with Crippen molar-refractivity contribution in [3.05, 3.63) is 94.8 Å². The van der Waals surface area contributed by atoms with Crippen molar-refractivity contribution in [1.29, 1.82) is 0 Å². The Morgan fingerprint density at radius 3 is 2.53 bits per heavy atom. The van der Waals surface area contributed by atoms with E-state index < -0.39 is 12.1 Å². The topological polar surface area (TPSA) is 97.2 Å². The predicted octanol–water partition coefficient (Wildman–Crippen LogP) is 4.25. The molecule has 0 aliphatic carbocycles. The Labute approximate surface area is 221 Å². The first-order chi connectivity index (χ1) is 18.3. The number of nitrogens with one attached hydrogen (secondary N) is 1. The number of rotatable bonds is 10. The normalized spacial score (nSPS) is 17.4. The van der Waals surface area contributed by atoms with Gasteiger partial charge in [0.2, 0.25) is 0 Å². The van der Waals surface area contributed by atoms with Gasteiger partial charge in [-0.25, -0.2) is 4.39 Å². The van der Waals surface area contributed by atoms with Crippen molar-refractivity contribution in [2.45, 2.75) is 38.3 Å². The highest BCUT2D eigenvalue weighted by Crippen LogP contribution is 2.43. The van der Waals surface area contributed by atoms with Crippen molar-refractivity contribution < 1.29 is 28.6 Å². The Hall–Kier alpha value is -4.04. The summed E-state index contributed by atoms with van der Waals surface area (Å²) in [6.07, 6.45) is -0.236. The molecular weight excluding hydrogens is 487 g/mol. The van der Waals surface area contributed by atoms with Gasteiger partial charge in [0.15, 0.2) is 23.9 Å². The number of nitrogens with zero attached hydrogens (tertiary/aromatic N) is 1. The Morgan fingerprint density at radius 2 is 1.84 bits per heavy atom. The first-order valence-electron chi connectivity index (χ1n) is 12.5. The summed E-state index contributed by atoms with van der Waals surface area (Å²) in [5, 5.41) is 12.0. The van der Waals surface area contributed by atoms with Gasteiger partial charge in [-0.1, -0.05) is 48.5 Å². The fraction of sp³-hybridized carbons (Fsp3) is 0.300. The third-order valence-corrected chi connectivity index (χ3v) is 6.51. The molecule has 8 heteroatoms. The number of carbonyl (C=O) groups excluding carboxylic acids is 2. The van der Waals surface area contributed by atoms with Crippen LogP contribution in [0.2, 0.25) is 0 Å². The van der Waals surface area contributed by atoms with E-state index in [0.717, 1.165) is 16.7 Å². The maximum atomic E-state index is 13.8. The Morgan fingerprint density at radius 1 is 1.11 bits per heavy atom. The predicted molar refractivity (Wildman–Crippen MR) is 143 cm³/mol. The highest BCUT2D eigenvalue weighted by Gasteiger charge is 2.39. The molecule has 0 fully saturated rings. The molecule has 38 heavy (non-hydrogen) atoms. The van der Waals surface area contributed by atoms with E-state index in [4.69, 9.17) is 14.5 Å². The second-order valence-electron chi connectivity index (χ2n) is 9.34. The van der Waals surface area contributed by atoms with Gasteiger partial charge in [-0.15, -0.1) is 0 Å². The Kier molecular flexibility index (Phi) is 8.53. The number of aliphatic imine (C=N–C) groups is 1. The highest BCUT2D eigenvalue weighted by molar-refractivity contribution is 6.09. The lowest BCUT2D eigenvalue weighted by molar-refractivity contribution is -0.123. The smallest absolute Gasteiger partial charge is 0.258 e. The number of amides is 1. The first-order valence-corrected chi connectivity index (χ1v) is 12.5. The summed E-state index contributed by atoms with van der Waals surface area (Å²) >= 11 is 0. The van der Waals surface area contributed by atoms with Crippen LogP contribution in [-0.4, -0.2) is 54.9 Å². The van der Waals surface area contributed by atoms with E-state index in [-0.39, 0.29) is 36.6 Å². The molecule has 1 aliphatic heterocycles. The molecule has 1 aliphatic rings. The zero-order valence-electron chi connectivity index (χ0n) is 21.6. The molecule has 3 atom stereocenters. The van der Waals surface area contributed by atoms with Gasteiger partial charge in [-0.3, -0.25) is 14.6 Å². The maximum Gasteiger partial charge on any atom is 0.258 e. The largest absolute Gasteiger partial charge is 0.493 e. The molecule has 4 rings (SSSR count). The molecule has 0 saturated carbocycles. The second-order valence-corrected chi connectivity index (χ2v) is 9.34. The fourth-order valence-corrected chi connectivity index (χ4v) is 4.61. The molecule has 0 radical (unpaired) electrons. The Balaban J connectivity index is 1.68. The molecule has 0 spiro atoms. The molecule has 198 valence electrons. The number of hydrogen-bond acceptors (Lipinski definition) is 6. The number of aryl methyl sites for hydroxylation is 1. The van der Waals surface area contributed by atoms with E-state index in [2.05, 4.69) is 5.32 Å². The number of methoxy groups -OCH3 is 1. The van der Waals surface area contributed by atoms with E-state index in [1.54, 1.807) is 37.3 Å². The van der Waals surface area contributed by atoms with Crippen LogP contribution in [0.25, 0.3) is 0 Å². The standard InChI is InChI=1S/C30H31FN2O5/c1-18-7-4-5-8-22(18)29(36)28-24(15-25(33-28)20-11-13-21(31)14-12-20)23-9-6-10-26(30(23)37-3)38-17-27(35)32-16-19(2)34/h4-14,19,24,28,34H,15-17H2,1-3H3,(H,32,35). The van der Waals surface area contributed by atoms with Crippen molar-refractivity contribution in [2.75, 3.05) is 20.3 Å². The summed E-state index contributed by atoms with van der Waals surface area (Å²) in [5.74, 6) is -0.441. The summed E-state index contributed by atoms with van der Waals surface area (Å²) in [7, 11) is 1.51. The van der Waals surface area contributed by atoms with E-state index >= 15 is 0 Å². The van der Waals surface area contributed by atoms with Gasteiger partial charge in [0.1, 0.15) is 11.9 Å². The zero-order chi connectivity index (χ0) is 27.2. The Bertz CT molecular complexity index is 1340. The molecule has 0 saturated heterocycles. The number of ether oxygens (including phenoxy) is 2. The van der Waals surface area contributed by atoms with Gasteiger partial charge in [0.05, 0.1) is 13.2 Å². The van der Waals surface area contributed by atoms with E-state index in [1.807, 2.05) is 31.2 Å². The fourth-order valence-electron chi connectivity index (χ4n) is 4.61. The molecule has 2 N–H and O–H groups in total. The zero-order valence-corrected chi connectivity index (χ0v) is 21.6. The number of benzene rings is 3. The van der Waals surface area contributed by atoms with Gasteiger partial charge < -0.3 is 19.9 Å². The van der Waals surface area contributed by atoms with Crippen LogP contribution in [-0.2, 0) is 4.79 Å². The van der Waals surface area contributed by atoms with Crippen LogP contribution in [0.15, 0.2) is 71.7 Å². The maximum absolute atomic E-state index is 13.8. The molecule has 0 bridgehead atoms. The third kappa shape index (κ3) is 6.08. The lowest BCUT2D eigenvalue weighted by Gasteiger charge is -2.22. The third-order valence-electron chi connectivity index (χ3n) is 6.51. The van der Waals surface area contributed by atoms with Crippen LogP contribution >= 0.6 is 0 Å². The van der Waals surface area contributed by atoms with Crippen LogP contribution in [0.4, 0.5) is 4.39 Å². The van der Waals surface area contributed by atoms with Crippen molar-refractivity contribution in [3.8, 4) is 11.5 Å². The molecule has 0 aromatic heterocycles. The van der Waals surface area contributed by atoms with Gasteiger partial charge in [-0.05, 0) is 49.6 Å². The van der Waals surface area contributed by atoms with E-state index in [1.165, 1.54) is 19.2 Å². The van der Waals surface area contributed by atoms with E-state index in [0.29, 0.717) is 29.2 Å². The molecular formula is C30H31FN2O5. The number of aliphatic hydroxyl groups excluding tert-OH is 1. The number of aliphatic hydroxyl groups is 1. The van der Waals surface area contributed by atoms with Crippen molar-refractivity contribution in [2.24, 2.45) is 4.99 Å². The van der Waals surface area contributed by atoms with Gasteiger partial charge >= 0.3 is 0 Å². The highest BCUT2D eigenvalue weighted by atomic mass is 19.1. The van der Waals surface area contributed by atoms with Gasteiger partial charge in [0, 0.05) is 29.3 Å². The average Bonchev–Trinajstić information content (AvgIpc) is 3.36. The first kappa shape index (κ1) is 27.0. The van der Waals surface area contributed by atoms with E-state index in [9.17, 15) is 19.1 Å². The van der Waals surface area contributed by atoms with Crippen molar-refractivity contribution in [1.82, 2.24) is 5.32 Å². The monoisotopic (exact) mass is 518 g/mol. The molecule has 1 amide bonds. The van der Waals surface area contributed by atoms with Crippen LogP contribution in [0.1, 0.15) is 46.3 Å². The minimum Gasteiger partial charge on any atom is -0.493 e. The summed E-state index contributed by atoms with van der Waals surface area (Å²) in [5.41, 5.74) is 3.62.